The van der Waals surface area contributed by atoms with E-state index in [0.29, 0.717) is 5.92 Å². The molecular weight excluding hydrogens is 322 g/mol. The van der Waals surface area contributed by atoms with E-state index in [2.05, 4.69) is 67.5 Å². The van der Waals surface area contributed by atoms with Crippen molar-refractivity contribution in [2.45, 2.75) is 34.2 Å². The van der Waals surface area contributed by atoms with Crippen molar-refractivity contribution in [2.75, 3.05) is 32.7 Å². The second-order valence-corrected chi connectivity index (χ2v) is 7.84. The Morgan fingerprint density at radius 1 is 1.04 bits per heavy atom. The average molecular weight is 354 g/mol. The number of benzene rings is 1. The molecule has 1 aromatic carbocycles. The van der Waals surface area contributed by atoms with E-state index in [1.165, 1.54) is 5.56 Å². The van der Waals surface area contributed by atoms with Crippen molar-refractivity contribution in [3.63, 3.8) is 0 Å². The summed E-state index contributed by atoms with van der Waals surface area (Å²) < 4.78 is 2.25. The number of hydrogen-bond donors (Lipinski definition) is 0. The minimum atomic E-state index is 0.182. The van der Waals surface area contributed by atoms with Gasteiger partial charge >= 0.3 is 0 Å². The molecule has 2 aromatic rings. The van der Waals surface area contributed by atoms with Crippen molar-refractivity contribution in [3.8, 4) is 0 Å². The summed E-state index contributed by atoms with van der Waals surface area (Å²) in [5.74, 6) is 0.857. The lowest BCUT2D eigenvalue weighted by Gasteiger charge is -2.35. The van der Waals surface area contributed by atoms with Gasteiger partial charge in [-0.05, 0) is 31.4 Å². The highest BCUT2D eigenvalue weighted by Gasteiger charge is 2.25. The van der Waals surface area contributed by atoms with Crippen LogP contribution >= 0.6 is 0 Å². The minimum Gasteiger partial charge on any atom is -0.344 e. The molecule has 0 N–H and O–H groups in total. The summed E-state index contributed by atoms with van der Waals surface area (Å²) in [5, 5.41) is 0. The first-order valence-electron chi connectivity index (χ1n) is 9.68. The second-order valence-electron chi connectivity index (χ2n) is 7.84. The highest BCUT2D eigenvalue weighted by atomic mass is 16.2. The third-order valence-electron chi connectivity index (χ3n) is 5.27. The molecule has 2 heterocycles. The maximum Gasteiger partial charge on any atom is 0.255 e. The maximum atomic E-state index is 13.1. The normalized spacial score (nSPS) is 15.7. The van der Waals surface area contributed by atoms with Crippen LogP contribution in [-0.2, 0) is 6.54 Å². The van der Waals surface area contributed by atoms with Crippen LogP contribution in [0.4, 0.5) is 0 Å². The predicted molar refractivity (Wildman–Crippen MR) is 107 cm³/mol. The molecule has 1 aliphatic rings. The fourth-order valence-electron chi connectivity index (χ4n) is 3.85. The van der Waals surface area contributed by atoms with Crippen molar-refractivity contribution >= 4 is 5.91 Å². The molecule has 0 radical (unpaired) electrons. The topological polar surface area (TPSA) is 28.5 Å². The molecule has 0 aliphatic carbocycles. The number of amides is 1. The van der Waals surface area contributed by atoms with Crippen LogP contribution in [0.15, 0.2) is 36.4 Å². The van der Waals surface area contributed by atoms with Crippen LogP contribution in [0.5, 0.6) is 0 Å². The van der Waals surface area contributed by atoms with Gasteiger partial charge in [0, 0.05) is 50.7 Å². The molecule has 4 nitrogen and oxygen atoms in total. The van der Waals surface area contributed by atoms with Gasteiger partial charge in [-0.2, -0.15) is 0 Å². The zero-order chi connectivity index (χ0) is 18.7. The van der Waals surface area contributed by atoms with Gasteiger partial charge in [-0.3, -0.25) is 9.69 Å². The van der Waals surface area contributed by atoms with Gasteiger partial charge in [-0.1, -0.05) is 44.2 Å². The Bertz CT molecular complexity index is 740. The monoisotopic (exact) mass is 353 g/mol. The van der Waals surface area contributed by atoms with Crippen molar-refractivity contribution in [1.82, 2.24) is 14.4 Å². The molecule has 0 unspecified atom stereocenters. The van der Waals surface area contributed by atoms with Crippen LogP contribution < -0.4 is 0 Å². The van der Waals surface area contributed by atoms with E-state index in [-0.39, 0.29) is 5.91 Å². The molecule has 1 amide bonds. The standard InChI is InChI=1S/C22H31N3O/c1-17(2)15-23-10-12-24(13-11-23)22(26)21-14-18(3)25(19(21)4)16-20-8-6-5-7-9-20/h5-9,14,17H,10-13,15-16H2,1-4H3. The van der Waals surface area contributed by atoms with Crippen LogP contribution in [-0.4, -0.2) is 53.0 Å². The summed E-state index contributed by atoms with van der Waals surface area (Å²) in [4.78, 5) is 17.5. The number of hydrogen-bond acceptors (Lipinski definition) is 2. The van der Waals surface area contributed by atoms with Crippen molar-refractivity contribution in [3.05, 3.63) is 58.9 Å². The third kappa shape index (κ3) is 4.18. The number of aryl methyl sites for hydroxylation is 1. The van der Waals surface area contributed by atoms with Crippen LogP contribution in [0.1, 0.15) is 41.2 Å². The van der Waals surface area contributed by atoms with Gasteiger partial charge in [0.15, 0.2) is 0 Å². The molecule has 140 valence electrons. The predicted octanol–water partition coefficient (Wildman–Crippen LogP) is 3.57. The lowest BCUT2D eigenvalue weighted by molar-refractivity contribution is 0.0623. The Kier molecular flexibility index (Phi) is 5.82. The van der Waals surface area contributed by atoms with Gasteiger partial charge in [0.05, 0.1) is 5.56 Å². The smallest absolute Gasteiger partial charge is 0.255 e. The van der Waals surface area contributed by atoms with Crippen LogP contribution in [0.25, 0.3) is 0 Å². The Hall–Kier alpha value is -2.07. The Morgan fingerprint density at radius 2 is 1.69 bits per heavy atom. The largest absolute Gasteiger partial charge is 0.344 e. The van der Waals surface area contributed by atoms with Gasteiger partial charge < -0.3 is 9.47 Å². The highest BCUT2D eigenvalue weighted by Crippen LogP contribution is 2.20. The first-order chi connectivity index (χ1) is 12.5. The van der Waals surface area contributed by atoms with Gasteiger partial charge in [-0.15, -0.1) is 0 Å². The summed E-state index contributed by atoms with van der Waals surface area (Å²) in [5.41, 5.74) is 4.33. The van der Waals surface area contributed by atoms with E-state index in [1.807, 2.05) is 11.0 Å². The second kappa shape index (κ2) is 8.09. The zero-order valence-corrected chi connectivity index (χ0v) is 16.5. The third-order valence-corrected chi connectivity index (χ3v) is 5.27. The Labute approximate surface area is 157 Å². The number of piperazine rings is 1. The zero-order valence-electron chi connectivity index (χ0n) is 16.5. The highest BCUT2D eigenvalue weighted by molar-refractivity contribution is 5.95. The number of carbonyl (C=O) groups is 1. The first kappa shape index (κ1) is 18.7. The maximum absolute atomic E-state index is 13.1. The lowest BCUT2D eigenvalue weighted by Crippen LogP contribution is -2.49. The summed E-state index contributed by atoms with van der Waals surface area (Å²) in [7, 11) is 0. The molecular formula is C22H31N3O. The van der Waals surface area contributed by atoms with Crippen LogP contribution in [0.3, 0.4) is 0 Å². The molecule has 1 fully saturated rings. The molecule has 0 atom stereocenters. The van der Waals surface area contributed by atoms with Crippen molar-refractivity contribution in [1.29, 1.82) is 0 Å². The average Bonchev–Trinajstić information content (AvgIpc) is 2.90. The Balaban J connectivity index is 1.70. The van der Waals surface area contributed by atoms with E-state index in [9.17, 15) is 4.79 Å². The number of carbonyl (C=O) groups excluding carboxylic acids is 1. The molecule has 26 heavy (non-hydrogen) atoms. The summed E-state index contributed by atoms with van der Waals surface area (Å²) >= 11 is 0. The fourth-order valence-corrected chi connectivity index (χ4v) is 3.85. The van der Waals surface area contributed by atoms with E-state index < -0.39 is 0 Å². The van der Waals surface area contributed by atoms with Gasteiger partial charge in [0.1, 0.15) is 0 Å². The molecule has 4 heteroatoms. The molecule has 1 aromatic heterocycles. The summed E-state index contributed by atoms with van der Waals surface area (Å²) in [6.45, 7) is 14.2. The Morgan fingerprint density at radius 3 is 2.31 bits per heavy atom. The number of nitrogens with zero attached hydrogens (tertiary/aromatic N) is 3. The molecule has 3 rings (SSSR count). The summed E-state index contributed by atoms with van der Waals surface area (Å²) in [6, 6.07) is 12.5. The SMILES string of the molecule is Cc1cc(C(=O)N2CCN(CC(C)C)CC2)c(C)n1Cc1ccccc1. The molecule has 0 bridgehead atoms. The van der Waals surface area contributed by atoms with Crippen molar-refractivity contribution < 1.29 is 4.79 Å². The van der Waals surface area contributed by atoms with E-state index >= 15 is 0 Å². The van der Waals surface area contributed by atoms with Crippen molar-refractivity contribution in [2.24, 2.45) is 5.92 Å². The van der Waals surface area contributed by atoms with E-state index in [1.54, 1.807) is 0 Å². The lowest BCUT2D eigenvalue weighted by atomic mass is 10.1. The minimum absolute atomic E-state index is 0.182. The molecule has 0 saturated carbocycles. The van der Waals surface area contributed by atoms with E-state index in [4.69, 9.17) is 0 Å². The van der Waals surface area contributed by atoms with Crippen LogP contribution in [0.2, 0.25) is 0 Å². The molecule has 1 aliphatic heterocycles. The molecule has 1 saturated heterocycles. The van der Waals surface area contributed by atoms with E-state index in [0.717, 1.165) is 56.2 Å². The number of rotatable bonds is 5. The molecule has 0 spiro atoms. The fraction of sp³-hybridized carbons (Fsp3) is 0.500. The summed E-state index contributed by atoms with van der Waals surface area (Å²) in [6.07, 6.45) is 0. The first-order valence-corrected chi connectivity index (χ1v) is 9.68. The van der Waals surface area contributed by atoms with Gasteiger partial charge in [0.2, 0.25) is 0 Å². The van der Waals surface area contributed by atoms with Crippen LogP contribution in [0, 0.1) is 19.8 Å². The van der Waals surface area contributed by atoms with Gasteiger partial charge in [-0.25, -0.2) is 0 Å². The quantitative estimate of drug-likeness (QED) is 0.822. The van der Waals surface area contributed by atoms with Gasteiger partial charge in [0.25, 0.3) is 5.91 Å². The number of aromatic nitrogens is 1.